The van der Waals surface area contributed by atoms with Crippen LogP contribution in [0.2, 0.25) is 0 Å². The van der Waals surface area contributed by atoms with E-state index in [-0.39, 0.29) is 5.91 Å². The Bertz CT molecular complexity index is 1330. The molecule has 3 aliphatic rings. The first-order valence-corrected chi connectivity index (χ1v) is 13.3. The monoisotopic (exact) mass is 495 g/mol. The zero-order chi connectivity index (χ0) is 25.2. The number of carbonyl (C=O) groups is 1. The van der Waals surface area contributed by atoms with Crippen molar-refractivity contribution in [2.75, 3.05) is 32.7 Å². The van der Waals surface area contributed by atoms with E-state index >= 15 is 0 Å². The van der Waals surface area contributed by atoms with Gasteiger partial charge in [-0.2, -0.15) is 0 Å². The normalized spacial score (nSPS) is 20.2. The summed E-state index contributed by atoms with van der Waals surface area (Å²) in [6.07, 6.45) is 7.35. The van der Waals surface area contributed by atoms with Gasteiger partial charge in [-0.1, -0.05) is 35.5 Å². The molecule has 0 aliphatic carbocycles. The fourth-order valence-corrected chi connectivity index (χ4v) is 5.93. The van der Waals surface area contributed by atoms with Crippen molar-refractivity contribution in [3.8, 4) is 11.3 Å². The van der Waals surface area contributed by atoms with E-state index in [2.05, 4.69) is 32.1 Å². The number of amides is 1. The lowest BCUT2D eigenvalue weighted by molar-refractivity contribution is -0.132. The molecule has 1 amide bonds. The molecule has 190 valence electrons. The third kappa shape index (κ3) is 5.01. The maximum Gasteiger partial charge on any atom is 0.223 e. The predicted octanol–water partition coefficient (Wildman–Crippen LogP) is 4.68. The summed E-state index contributed by atoms with van der Waals surface area (Å²) >= 11 is 0. The molecule has 7 nitrogen and oxygen atoms in total. The molecule has 5 heterocycles. The number of piperidine rings is 1. The van der Waals surface area contributed by atoms with Gasteiger partial charge >= 0.3 is 0 Å². The second kappa shape index (κ2) is 10.4. The van der Waals surface area contributed by atoms with Crippen LogP contribution in [0.4, 0.5) is 0 Å². The third-order valence-electron chi connectivity index (χ3n) is 7.95. The quantitative estimate of drug-likeness (QED) is 0.496. The number of nitrogens with zero attached hydrogens (tertiary/aromatic N) is 5. The number of aromatic nitrogens is 2. The summed E-state index contributed by atoms with van der Waals surface area (Å²) in [5, 5.41) is 4.26. The van der Waals surface area contributed by atoms with E-state index in [9.17, 15) is 4.79 Å². The summed E-state index contributed by atoms with van der Waals surface area (Å²) in [5.74, 6) is 1.50. The van der Waals surface area contributed by atoms with Crippen molar-refractivity contribution in [2.45, 2.75) is 39.2 Å². The highest BCUT2D eigenvalue weighted by atomic mass is 16.5. The molecule has 6 rings (SSSR count). The summed E-state index contributed by atoms with van der Waals surface area (Å²) in [5.41, 5.74) is 7.91. The summed E-state index contributed by atoms with van der Waals surface area (Å²) < 4.78 is 5.71. The van der Waals surface area contributed by atoms with Crippen molar-refractivity contribution in [1.29, 1.82) is 0 Å². The number of benzene rings is 1. The molecule has 0 bridgehead atoms. The number of likely N-dealkylation sites (tertiary alicyclic amines) is 1. The maximum absolute atomic E-state index is 13.4. The van der Waals surface area contributed by atoms with Crippen LogP contribution in [0.15, 0.2) is 75.5 Å². The minimum Gasteiger partial charge on any atom is -0.356 e. The molecule has 0 saturated carbocycles. The first kappa shape index (κ1) is 23.8. The van der Waals surface area contributed by atoms with Gasteiger partial charge in [0.05, 0.1) is 18.0 Å². The Hall–Kier alpha value is -3.58. The fourth-order valence-electron chi connectivity index (χ4n) is 5.93. The Morgan fingerprint density at radius 1 is 1.08 bits per heavy atom. The Morgan fingerprint density at radius 2 is 1.92 bits per heavy atom. The number of aliphatic imine (C=N–C) groups is 1. The first-order chi connectivity index (χ1) is 18.2. The smallest absolute Gasteiger partial charge is 0.223 e. The molecule has 7 heteroatoms. The molecule has 0 radical (unpaired) electrons. The van der Waals surface area contributed by atoms with Gasteiger partial charge in [-0.25, -0.2) is 0 Å². The molecule has 1 fully saturated rings. The third-order valence-corrected chi connectivity index (χ3v) is 7.95. The highest BCUT2D eigenvalue weighted by Gasteiger charge is 2.31. The molecule has 37 heavy (non-hydrogen) atoms. The molecule has 3 aromatic rings. The summed E-state index contributed by atoms with van der Waals surface area (Å²) in [4.78, 5) is 26.9. The van der Waals surface area contributed by atoms with E-state index in [1.165, 1.54) is 11.1 Å². The maximum atomic E-state index is 13.4. The van der Waals surface area contributed by atoms with Crippen molar-refractivity contribution >= 4 is 11.6 Å². The van der Waals surface area contributed by atoms with Crippen molar-refractivity contribution in [3.05, 3.63) is 82.8 Å². The van der Waals surface area contributed by atoms with E-state index in [4.69, 9.17) is 9.52 Å². The van der Waals surface area contributed by atoms with Crippen LogP contribution in [-0.4, -0.2) is 64.3 Å². The average molecular weight is 496 g/mol. The van der Waals surface area contributed by atoms with Gasteiger partial charge in [0.1, 0.15) is 0 Å². The van der Waals surface area contributed by atoms with E-state index in [1.807, 2.05) is 37.3 Å². The number of rotatable bonds is 6. The highest BCUT2D eigenvalue weighted by molar-refractivity contribution is 6.15. The number of aryl methyl sites for hydroxylation is 1. The Morgan fingerprint density at radius 3 is 2.76 bits per heavy atom. The molecule has 0 N–H and O–H groups in total. The SMILES string of the molecule is Cc1noc(-c2ccccc2)c1CN1CCC[C@@H](CC(=O)N2CCC3=C(C2)C(c2ccncc2)=NC3)C1. The van der Waals surface area contributed by atoms with Gasteiger partial charge in [0, 0.05) is 61.7 Å². The van der Waals surface area contributed by atoms with E-state index in [0.717, 1.165) is 85.8 Å². The second-order valence-corrected chi connectivity index (χ2v) is 10.4. The molecule has 1 saturated heterocycles. The average Bonchev–Trinajstić information content (AvgIpc) is 3.53. The van der Waals surface area contributed by atoms with Crippen LogP contribution in [0.1, 0.15) is 42.5 Å². The largest absolute Gasteiger partial charge is 0.356 e. The van der Waals surface area contributed by atoms with E-state index in [1.54, 1.807) is 12.4 Å². The molecule has 3 aliphatic heterocycles. The summed E-state index contributed by atoms with van der Waals surface area (Å²) in [6, 6.07) is 14.2. The van der Waals surface area contributed by atoms with E-state index < -0.39 is 0 Å². The highest BCUT2D eigenvalue weighted by Crippen LogP contribution is 2.31. The number of carbonyl (C=O) groups excluding carboxylic acids is 1. The van der Waals surface area contributed by atoms with Gasteiger partial charge in [0.15, 0.2) is 5.76 Å². The molecule has 1 aromatic carbocycles. The van der Waals surface area contributed by atoms with Gasteiger partial charge in [-0.05, 0) is 61.9 Å². The Labute approximate surface area is 217 Å². The first-order valence-electron chi connectivity index (χ1n) is 13.3. The minimum atomic E-state index is 0.269. The zero-order valence-electron chi connectivity index (χ0n) is 21.4. The van der Waals surface area contributed by atoms with Crippen molar-refractivity contribution in [2.24, 2.45) is 10.9 Å². The topological polar surface area (TPSA) is 74.8 Å². The van der Waals surface area contributed by atoms with Gasteiger partial charge in [-0.15, -0.1) is 0 Å². The van der Waals surface area contributed by atoms with Crippen LogP contribution in [0, 0.1) is 12.8 Å². The fraction of sp³-hybridized carbons (Fsp3) is 0.400. The van der Waals surface area contributed by atoms with Crippen LogP contribution in [0.3, 0.4) is 0 Å². The zero-order valence-corrected chi connectivity index (χ0v) is 21.4. The van der Waals surface area contributed by atoms with E-state index in [0.29, 0.717) is 18.9 Å². The predicted molar refractivity (Wildman–Crippen MR) is 143 cm³/mol. The van der Waals surface area contributed by atoms with Crippen molar-refractivity contribution in [1.82, 2.24) is 19.9 Å². The number of pyridine rings is 1. The Kier molecular flexibility index (Phi) is 6.70. The molecule has 0 spiro atoms. The van der Waals surface area contributed by atoms with Crippen LogP contribution >= 0.6 is 0 Å². The summed E-state index contributed by atoms with van der Waals surface area (Å²) in [6.45, 7) is 7.02. The van der Waals surface area contributed by atoms with Gasteiger partial charge < -0.3 is 9.42 Å². The van der Waals surface area contributed by atoms with Gasteiger partial charge in [-0.3, -0.25) is 19.7 Å². The van der Waals surface area contributed by atoms with Crippen LogP contribution in [0.25, 0.3) is 11.3 Å². The standard InChI is InChI=1S/C30H33N5O2/c1-21-26(30(37-33-21)24-7-3-2-4-8-24)19-34-14-5-6-22(18-34)16-28(36)35-15-11-25-17-32-29(27(25)20-35)23-9-12-31-13-10-23/h2-4,7-10,12-13,22H,5-6,11,14-20H2,1H3/t22-/m0/s1. The molecule has 0 unspecified atom stereocenters. The van der Waals surface area contributed by atoms with Crippen LogP contribution in [0.5, 0.6) is 0 Å². The molecule has 2 aromatic heterocycles. The van der Waals surface area contributed by atoms with Crippen molar-refractivity contribution < 1.29 is 9.32 Å². The Balaban J connectivity index is 1.09. The van der Waals surface area contributed by atoms with Gasteiger partial charge in [0.25, 0.3) is 0 Å². The molecular formula is C30H33N5O2. The summed E-state index contributed by atoms with van der Waals surface area (Å²) in [7, 11) is 0. The van der Waals surface area contributed by atoms with Crippen molar-refractivity contribution in [3.63, 3.8) is 0 Å². The number of hydrogen-bond donors (Lipinski definition) is 0. The second-order valence-electron chi connectivity index (χ2n) is 10.4. The lowest BCUT2D eigenvalue weighted by Crippen LogP contribution is -2.41. The number of hydrogen-bond acceptors (Lipinski definition) is 6. The van der Waals surface area contributed by atoms with Gasteiger partial charge in [0.2, 0.25) is 5.91 Å². The minimum absolute atomic E-state index is 0.269. The molecule has 1 atom stereocenters. The van der Waals surface area contributed by atoms with Crippen LogP contribution < -0.4 is 0 Å². The van der Waals surface area contributed by atoms with Crippen LogP contribution in [-0.2, 0) is 11.3 Å². The molecular weight excluding hydrogens is 462 g/mol. The lowest BCUT2D eigenvalue weighted by atomic mass is 9.92. The lowest BCUT2D eigenvalue weighted by Gasteiger charge is -2.34.